The molecule has 2 unspecified atom stereocenters. The molecule has 6 atom stereocenters. The van der Waals surface area contributed by atoms with Crippen LogP contribution in [0.3, 0.4) is 0 Å². The lowest BCUT2D eigenvalue weighted by atomic mass is 9.45. The minimum atomic E-state index is -0.373. The first kappa shape index (κ1) is 14.0. The molecule has 3 nitrogen and oxygen atoms in total. The van der Waals surface area contributed by atoms with E-state index >= 15 is 0 Å². The van der Waals surface area contributed by atoms with Crippen LogP contribution >= 0.6 is 0 Å². The minimum absolute atomic E-state index is 0.0284. The van der Waals surface area contributed by atoms with Gasteiger partial charge in [0.1, 0.15) is 5.78 Å². The quantitative estimate of drug-likeness (QED) is 0.688. The van der Waals surface area contributed by atoms with Crippen molar-refractivity contribution in [3.8, 4) is 0 Å². The van der Waals surface area contributed by atoms with Gasteiger partial charge in [-0.3, -0.25) is 14.5 Å². The number of fused-ring (bicyclic) bond motifs is 1. The maximum atomic E-state index is 13.9. The summed E-state index contributed by atoms with van der Waals surface area (Å²) in [6, 6.07) is 0.539. The van der Waals surface area contributed by atoms with Crippen molar-refractivity contribution in [2.24, 2.45) is 28.6 Å². The summed E-state index contributed by atoms with van der Waals surface area (Å²) >= 11 is 0. The summed E-state index contributed by atoms with van der Waals surface area (Å²) in [5.41, 5.74) is 3.15. The van der Waals surface area contributed by atoms with Crippen LogP contribution in [-0.4, -0.2) is 35.6 Å². The average Bonchev–Trinajstić information content (AvgIpc) is 3.12. The zero-order valence-corrected chi connectivity index (χ0v) is 14.6. The molecule has 1 spiro atoms. The van der Waals surface area contributed by atoms with Gasteiger partial charge >= 0.3 is 0 Å². The lowest BCUT2D eigenvalue weighted by Crippen LogP contribution is -2.64. The fourth-order valence-electron chi connectivity index (χ4n) is 7.87. The normalized spacial score (nSPS) is 51.8. The minimum Gasteiger partial charge on any atom is -0.299 e. The summed E-state index contributed by atoms with van der Waals surface area (Å²) in [6.07, 6.45) is 6.75. The van der Waals surface area contributed by atoms with E-state index in [1.54, 1.807) is 0 Å². The highest BCUT2D eigenvalue weighted by atomic mass is 16.1. The third-order valence-corrected chi connectivity index (χ3v) is 8.93. The van der Waals surface area contributed by atoms with Crippen LogP contribution in [0.2, 0.25) is 0 Å². The number of piperidine rings is 1. The monoisotopic (exact) mass is 323 g/mol. The Balaban J connectivity index is 1.68. The number of Topliss-reactive ketones (excluding diaryl/α,β-unsaturated/α-hetero) is 2. The zero-order valence-electron chi connectivity index (χ0n) is 14.6. The smallest absolute Gasteiger partial charge is 0.163 e. The Kier molecular flexibility index (Phi) is 2.31. The van der Waals surface area contributed by atoms with Gasteiger partial charge in [0.2, 0.25) is 0 Å². The van der Waals surface area contributed by atoms with Crippen LogP contribution in [0, 0.1) is 28.6 Å². The van der Waals surface area contributed by atoms with E-state index in [2.05, 4.69) is 24.8 Å². The van der Waals surface area contributed by atoms with Crippen molar-refractivity contribution in [2.75, 3.05) is 13.1 Å². The van der Waals surface area contributed by atoms with Crippen molar-refractivity contribution in [2.45, 2.75) is 52.0 Å². The molecule has 126 valence electrons. The number of carbonyl (C=O) groups is 2. The fourth-order valence-corrected chi connectivity index (χ4v) is 7.87. The van der Waals surface area contributed by atoms with E-state index in [1.165, 1.54) is 11.1 Å². The zero-order chi connectivity index (χ0) is 16.4. The summed E-state index contributed by atoms with van der Waals surface area (Å²) in [6.45, 7) is 6.92. The number of rotatable bonds is 0. The van der Waals surface area contributed by atoms with Crippen LogP contribution in [-0.2, 0) is 9.59 Å². The largest absolute Gasteiger partial charge is 0.299 e. The van der Waals surface area contributed by atoms with E-state index in [1.807, 2.05) is 0 Å². The lowest BCUT2D eigenvalue weighted by molar-refractivity contribution is -0.156. The summed E-state index contributed by atoms with van der Waals surface area (Å²) in [7, 11) is 0. The number of nitrogens with zero attached hydrogens (tertiary/aromatic N) is 1. The van der Waals surface area contributed by atoms with Crippen LogP contribution in [0.1, 0.15) is 46.0 Å². The van der Waals surface area contributed by atoms with Crippen molar-refractivity contribution in [3.63, 3.8) is 0 Å². The Labute approximate surface area is 143 Å². The van der Waals surface area contributed by atoms with E-state index in [0.717, 1.165) is 44.3 Å². The van der Waals surface area contributed by atoms with E-state index < -0.39 is 0 Å². The van der Waals surface area contributed by atoms with Crippen LogP contribution in [0.15, 0.2) is 22.8 Å². The first-order chi connectivity index (χ1) is 11.5. The van der Waals surface area contributed by atoms with Gasteiger partial charge in [-0.05, 0) is 54.2 Å². The van der Waals surface area contributed by atoms with Crippen molar-refractivity contribution in [3.05, 3.63) is 22.8 Å². The lowest BCUT2D eigenvalue weighted by Gasteiger charge is -2.59. The first-order valence-electron chi connectivity index (χ1n) is 9.73. The van der Waals surface area contributed by atoms with Gasteiger partial charge in [-0.1, -0.05) is 19.9 Å². The van der Waals surface area contributed by atoms with E-state index in [0.29, 0.717) is 35.9 Å². The molecule has 0 radical (unpaired) electrons. The predicted molar refractivity (Wildman–Crippen MR) is 90.3 cm³/mol. The molecule has 0 N–H and O–H groups in total. The second-order valence-electron chi connectivity index (χ2n) is 9.46. The molecule has 4 aliphatic carbocycles. The van der Waals surface area contributed by atoms with E-state index in [4.69, 9.17) is 0 Å². The van der Waals surface area contributed by atoms with Gasteiger partial charge in [-0.15, -0.1) is 0 Å². The third-order valence-electron chi connectivity index (χ3n) is 8.93. The molecule has 2 aliphatic heterocycles. The van der Waals surface area contributed by atoms with Gasteiger partial charge in [0.15, 0.2) is 5.78 Å². The molecule has 0 amide bonds. The standard InChI is InChI=1S/C21H25NO2/c1-11-9-22-10-13-3-4-14-16(23)7-12-5-6-21(18(12)14)19(24)15(11)8-17(22)20(13,21)2/h5,11,13,15,17H,3-4,6-10H2,1-2H3/t11-,13-,15?,17?,20-,21+/m1/s1. The molecule has 6 rings (SSSR count). The highest BCUT2D eigenvalue weighted by Crippen LogP contribution is 2.72. The third kappa shape index (κ3) is 1.19. The molecule has 2 saturated heterocycles. The number of hydrogen-bond acceptors (Lipinski definition) is 3. The number of ketones is 2. The summed E-state index contributed by atoms with van der Waals surface area (Å²) < 4.78 is 0. The van der Waals surface area contributed by atoms with Crippen LogP contribution < -0.4 is 0 Å². The maximum Gasteiger partial charge on any atom is 0.163 e. The molecule has 2 bridgehead atoms. The van der Waals surface area contributed by atoms with E-state index in [9.17, 15) is 9.59 Å². The van der Waals surface area contributed by atoms with Crippen LogP contribution in [0.5, 0.6) is 0 Å². The van der Waals surface area contributed by atoms with Crippen LogP contribution in [0.25, 0.3) is 0 Å². The summed E-state index contributed by atoms with van der Waals surface area (Å²) in [4.78, 5) is 29.3. The Morgan fingerprint density at radius 3 is 2.92 bits per heavy atom. The molecular formula is C21H25NO2. The summed E-state index contributed by atoms with van der Waals surface area (Å²) in [5, 5.41) is 0. The Morgan fingerprint density at radius 1 is 1.25 bits per heavy atom. The van der Waals surface area contributed by atoms with Crippen molar-refractivity contribution in [1.29, 1.82) is 0 Å². The second-order valence-corrected chi connectivity index (χ2v) is 9.46. The van der Waals surface area contributed by atoms with Gasteiger partial charge in [-0.2, -0.15) is 0 Å². The molecule has 24 heavy (non-hydrogen) atoms. The Bertz CT molecular complexity index is 777. The molecular weight excluding hydrogens is 298 g/mol. The molecule has 3 heteroatoms. The molecule has 0 aromatic heterocycles. The van der Waals surface area contributed by atoms with Gasteiger partial charge in [0.25, 0.3) is 0 Å². The molecule has 1 saturated carbocycles. The van der Waals surface area contributed by atoms with Crippen molar-refractivity contribution >= 4 is 11.6 Å². The van der Waals surface area contributed by atoms with Gasteiger partial charge in [0.05, 0.1) is 5.41 Å². The average molecular weight is 323 g/mol. The second kappa shape index (κ2) is 3.95. The highest BCUT2D eigenvalue weighted by Gasteiger charge is 2.73. The van der Waals surface area contributed by atoms with Crippen LogP contribution in [0.4, 0.5) is 0 Å². The molecule has 0 aromatic carbocycles. The molecule has 3 fully saturated rings. The maximum absolute atomic E-state index is 13.9. The van der Waals surface area contributed by atoms with Gasteiger partial charge < -0.3 is 0 Å². The Hall–Kier alpha value is -1.22. The Morgan fingerprint density at radius 2 is 2.08 bits per heavy atom. The number of allylic oxidation sites excluding steroid dienone is 4. The highest BCUT2D eigenvalue weighted by molar-refractivity contribution is 6.07. The van der Waals surface area contributed by atoms with Gasteiger partial charge in [0, 0.05) is 36.9 Å². The topological polar surface area (TPSA) is 37.4 Å². The first-order valence-corrected chi connectivity index (χ1v) is 9.73. The van der Waals surface area contributed by atoms with Crippen molar-refractivity contribution in [1.82, 2.24) is 4.90 Å². The molecule has 6 aliphatic rings. The fraction of sp³-hybridized carbons (Fsp3) is 0.714. The molecule has 2 heterocycles. The number of hydrogen-bond donors (Lipinski definition) is 0. The molecule has 0 aromatic rings. The van der Waals surface area contributed by atoms with Gasteiger partial charge in [-0.25, -0.2) is 0 Å². The van der Waals surface area contributed by atoms with Crippen molar-refractivity contribution < 1.29 is 9.59 Å². The predicted octanol–water partition coefficient (Wildman–Crippen LogP) is 2.91. The summed E-state index contributed by atoms with van der Waals surface area (Å²) in [5.74, 6) is 2.03. The number of carbonyl (C=O) groups excluding carboxylic acids is 2. The SMILES string of the molecule is C[C@@H]1CN2C[C@H]3CCC4=C5C(=CC[C@@]56C(=O)C1CC2[C@@]36C)CC4=O. The van der Waals surface area contributed by atoms with E-state index in [-0.39, 0.29) is 16.7 Å².